The van der Waals surface area contributed by atoms with Crippen LogP contribution in [0.4, 0.5) is 0 Å². The maximum atomic E-state index is 13.1. The van der Waals surface area contributed by atoms with Gasteiger partial charge in [-0.05, 0) is 31.9 Å². The molecule has 1 aliphatic heterocycles. The Morgan fingerprint density at radius 3 is 2.41 bits per heavy atom. The second kappa shape index (κ2) is 6.82. The Bertz CT molecular complexity index is 491. The summed E-state index contributed by atoms with van der Waals surface area (Å²) in [6.07, 6.45) is 7.59. The molecule has 1 atom stereocenters. The molecular formula is C19H27NO2. The second-order valence-electron chi connectivity index (χ2n) is 6.94. The number of benzene rings is 1. The van der Waals surface area contributed by atoms with Crippen LogP contribution >= 0.6 is 0 Å². The molecule has 2 fully saturated rings. The van der Waals surface area contributed by atoms with Gasteiger partial charge in [-0.2, -0.15) is 0 Å². The molecule has 120 valence electrons. The van der Waals surface area contributed by atoms with Crippen LogP contribution in [0, 0.1) is 0 Å². The van der Waals surface area contributed by atoms with E-state index in [-0.39, 0.29) is 12.1 Å². The van der Waals surface area contributed by atoms with Gasteiger partial charge in [-0.1, -0.05) is 56.0 Å². The van der Waals surface area contributed by atoms with Gasteiger partial charge in [0.2, 0.25) is 0 Å². The summed E-state index contributed by atoms with van der Waals surface area (Å²) in [6.45, 7) is 1.90. The van der Waals surface area contributed by atoms with E-state index in [9.17, 15) is 4.79 Å². The molecule has 22 heavy (non-hydrogen) atoms. The first kappa shape index (κ1) is 15.5. The second-order valence-corrected chi connectivity index (χ2v) is 6.94. The molecule has 1 aromatic rings. The van der Waals surface area contributed by atoms with Gasteiger partial charge in [-0.15, -0.1) is 0 Å². The van der Waals surface area contributed by atoms with Crippen molar-refractivity contribution in [1.82, 2.24) is 4.90 Å². The predicted molar refractivity (Wildman–Crippen MR) is 87.8 cm³/mol. The molecule has 1 aliphatic carbocycles. The topological polar surface area (TPSA) is 29.5 Å². The van der Waals surface area contributed by atoms with E-state index in [1.54, 1.807) is 0 Å². The lowest BCUT2D eigenvalue weighted by Gasteiger charge is -2.32. The Kier molecular flexibility index (Phi) is 4.82. The van der Waals surface area contributed by atoms with Gasteiger partial charge in [-0.3, -0.25) is 4.79 Å². The highest BCUT2D eigenvalue weighted by Crippen LogP contribution is 2.40. The molecule has 1 heterocycles. The van der Waals surface area contributed by atoms with Gasteiger partial charge in [0.15, 0.2) is 0 Å². The summed E-state index contributed by atoms with van der Waals surface area (Å²) in [7, 11) is 2.09. The van der Waals surface area contributed by atoms with Crippen LogP contribution in [-0.4, -0.2) is 37.1 Å². The van der Waals surface area contributed by atoms with E-state index in [4.69, 9.17) is 4.74 Å². The van der Waals surface area contributed by atoms with Crippen molar-refractivity contribution >= 4 is 5.97 Å². The molecule has 2 aliphatic rings. The highest BCUT2D eigenvalue weighted by atomic mass is 16.5. The minimum atomic E-state index is -0.418. The van der Waals surface area contributed by atoms with Crippen molar-refractivity contribution in [2.24, 2.45) is 0 Å². The molecule has 0 amide bonds. The SMILES string of the molecule is CN1CCC(OC(=O)C2(c3ccccc3)CCCCCC2)C1. The number of ether oxygens (including phenoxy) is 1. The standard InChI is InChI=1S/C19H27NO2/c1-20-14-11-17(15-20)22-18(21)19(12-7-2-3-8-13-19)16-9-5-4-6-10-16/h4-6,9-10,17H,2-3,7-8,11-15H2,1H3. The molecular weight excluding hydrogens is 274 g/mol. The summed E-state index contributed by atoms with van der Waals surface area (Å²) in [4.78, 5) is 15.3. The van der Waals surface area contributed by atoms with Gasteiger partial charge < -0.3 is 9.64 Å². The number of hydrogen-bond acceptors (Lipinski definition) is 3. The number of esters is 1. The molecule has 0 N–H and O–H groups in total. The quantitative estimate of drug-likeness (QED) is 0.632. The van der Waals surface area contributed by atoms with E-state index in [0.717, 1.165) is 50.8 Å². The van der Waals surface area contributed by atoms with E-state index >= 15 is 0 Å². The van der Waals surface area contributed by atoms with Crippen molar-refractivity contribution in [1.29, 1.82) is 0 Å². The largest absolute Gasteiger partial charge is 0.460 e. The number of hydrogen-bond donors (Lipinski definition) is 0. The fourth-order valence-electron chi connectivity index (χ4n) is 3.95. The van der Waals surface area contributed by atoms with Crippen molar-refractivity contribution in [2.75, 3.05) is 20.1 Å². The number of carbonyl (C=O) groups excluding carboxylic acids is 1. The van der Waals surface area contributed by atoms with Crippen LogP contribution in [0.25, 0.3) is 0 Å². The van der Waals surface area contributed by atoms with E-state index < -0.39 is 5.41 Å². The molecule has 3 rings (SSSR count). The third kappa shape index (κ3) is 3.19. The summed E-state index contributed by atoms with van der Waals surface area (Å²) < 4.78 is 5.95. The Labute approximate surface area is 133 Å². The van der Waals surface area contributed by atoms with Gasteiger partial charge in [0.05, 0.1) is 5.41 Å². The maximum absolute atomic E-state index is 13.1. The average Bonchev–Trinajstić information content (AvgIpc) is 2.80. The molecule has 0 spiro atoms. The normalized spacial score (nSPS) is 25.6. The smallest absolute Gasteiger partial charge is 0.316 e. The third-order valence-electron chi connectivity index (χ3n) is 5.30. The monoisotopic (exact) mass is 301 g/mol. The van der Waals surface area contributed by atoms with Crippen molar-refractivity contribution in [2.45, 2.75) is 56.5 Å². The molecule has 3 nitrogen and oxygen atoms in total. The first-order valence-corrected chi connectivity index (χ1v) is 8.66. The Morgan fingerprint density at radius 1 is 1.14 bits per heavy atom. The Hall–Kier alpha value is -1.35. The first-order valence-electron chi connectivity index (χ1n) is 8.66. The molecule has 1 saturated heterocycles. The van der Waals surface area contributed by atoms with Crippen molar-refractivity contribution in [3.05, 3.63) is 35.9 Å². The first-order chi connectivity index (χ1) is 10.7. The lowest BCUT2D eigenvalue weighted by molar-refractivity contribution is -0.156. The van der Waals surface area contributed by atoms with Crippen LogP contribution in [0.2, 0.25) is 0 Å². The molecule has 0 radical (unpaired) electrons. The van der Waals surface area contributed by atoms with Gasteiger partial charge in [-0.25, -0.2) is 0 Å². The molecule has 1 saturated carbocycles. The van der Waals surface area contributed by atoms with Crippen LogP contribution < -0.4 is 0 Å². The van der Waals surface area contributed by atoms with Crippen molar-refractivity contribution in [3.8, 4) is 0 Å². The van der Waals surface area contributed by atoms with Crippen molar-refractivity contribution < 1.29 is 9.53 Å². The summed E-state index contributed by atoms with van der Waals surface area (Å²) in [5.74, 6) is 0.0147. The number of nitrogens with zero attached hydrogens (tertiary/aromatic N) is 1. The van der Waals surface area contributed by atoms with Crippen LogP contribution in [0.5, 0.6) is 0 Å². The van der Waals surface area contributed by atoms with Gasteiger partial charge >= 0.3 is 5.97 Å². The Morgan fingerprint density at radius 2 is 1.82 bits per heavy atom. The van der Waals surface area contributed by atoms with Crippen LogP contribution in [0.15, 0.2) is 30.3 Å². The zero-order valence-corrected chi connectivity index (χ0v) is 13.6. The zero-order valence-electron chi connectivity index (χ0n) is 13.6. The van der Waals surface area contributed by atoms with E-state index in [2.05, 4.69) is 24.1 Å². The lowest BCUT2D eigenvalue weighted by atomic mass is 9.74. The van der Waals surface area contributed by atoms with E-state index in [1.165, 1.54) is 12.8 Å². The minimum absolute atomic E-state index is 0.0147. The molecule has 3 heteroatoms. The zero-order chi connectivity index (χ0) is 15.4. The van der Waals surface area contributed by atoms with Crippen molar-refractivity contribution in [3.63, 3.8) is 0 Å². The molecule has 0 aromatic heterocycles. The third-order valence-corrected chi connectivity index (χ3v) is 5.30. The van der Waals surface area contributed by atoms with E-state index in [1.807, 2.05) is 18.2 Å². The predicted octanol–water partition coefficient (Wildman–Crippen LogP) is 3.53. The van der Waals surface area contributed by atoms with E-state index in [0.29, 0.717) is 0 Å². The van der Waals surface area contributed by atoms with Gasteiger partial charge in [0, 0.05) is 13.1 Å². The van der Waals surface area contributed by atoms with Crippen LogP contribution in [-0.2, 0) is 14.9 Å². The fraction of sp³-hybridized carbons (Fsp3) is 0.632. The van der Waals surface area contributed by atoms with Gasteiger partial charge in [0.25, 0.3) is 0 Å². The number of likely N-dealkylation sites (N-methyl/N-ethyl adjacent to an activating group) is 1. The number of carbonyl (C=O) groups is 1. The number of likely N-dealkylation sites (tertiary alicyclic amines) is 1. The van der Waals surface area contributed by atoms with Crippen LogP contribution in [0.1, 0.15) is 50.5 Å². The highest BCUT2D eigenvalue weighted by Gasteiger charge is 2.43. The molecule has 1 unspecified atom stereocenters. The average molecular weight is 301 g/mol. The minimum Gasteiger partial charge on any atom is -0.460 e. The lowest BCUT2D eigenvalue weighted by Crippen LogP contribution is -2.39. The summed E-state index contributed by atoms with van der Waals surface area (Å²) in [5.41, 5.74) is 0.729. The number of rotatable bonds is 3. The molecule has 0 bridgehead atoms. The van der Waals surface area contributed by atoms with Crippen LogP contribution in [0.3, 0.4) is 0 Å². The summed E-state index contributed by atoms with van der Waals surface area (Å²) in [5, 5.41) is 0. The summed E-state index contributed by atoms with van der Waals surface area (Å²) >= 11 is 0. The summed E-state index contributed by atoms with van der Waals surface area (Å²) in [6, 6.07) is 10.3. The fourth-order valence-corrected chi connectivity index (χ4v) is 3.95. The highest BCUT2D eigenvalue weighted by molar-refractivity contribution is 5.83. The maximum Gasteiger partial charge on any atom is 0.316 e. The Balaban J connectivity index is 1.83. The molecule has 1 aromatic carbocycles. The van der Waals surface area contributed by atoms with Gasteiger partial charge in [0.1, 0.15) is 6.10 Å².